The van der Waals surface area contributed by atoms with E-state index in [4.69, 9.17) is 5.73 Å². The van der Waals surface area contributed by atoms with Gasteiger partial charge in [-0.3, -0.25) is 0 Å². The van der Waals surface area contributed by atoms with Crippen molar-refractivity contribution in [2.75, 3.05) is 6.54 Å². The van der Waals surface area contributed by atoms with E-state index in [9.17, 15) is 18.3 Å². The van der Waals surface area contributed by atoms with Gasteiger partial charge in [-0.25, -0.2) is 0 Å². The predicted molar refractivity (Wildman–Crippen MR) is 58.9 cm³/mol. The summed E-state index contributed by atoms with van der Waals surface area (Å²) in [6.45, 7) is 0.188. The number of alkyl halides is 3. The number of hydrogen-bond acceptors (Lipinski definition) is 2. The Labute approximate surface area is 98.7 Å². The predicted octanol–water partition coefficient (Wildman–Crippen LogP) is 3.15. The van der Waals surface area contributed by atoms with Crippen molar-refractivity contribution in [1.82, 2.24) is 0 Å². The second-order valence-corrected chi connectivity index (χ2v) is 3.94. The van der Waals surface area contributed by atoms with Gasteiger partial charge in [-0.1, -0.05) is 28.1 Å². The highest BCUT2D eigenvalue weighted by Gasteiger charge is 2.34. The lowest BCUT2D eigenvalue weighted by Crippen LogP contribution is -2.06. The molecule has 0 heterocycles. The number of halogens is 4. The maximum Gasteiger partial charge on any atom is 0.420 e. The summed E-state index contributed by atoms with van der Waals surface area (Å²) in [5, 5.41) is 9.44. The van der Waals surface area contributed by atoms with Gasteiger partial charge in [0.05, 0.1) is 5.56 Å². The Morgan fingerprint density at radius 1 is 1.38 bits per heavy atom. The van der Waals surface area contributed by atoms with Crippen molar-refractivity contribution in [2.45, 2.75) is 6.18 Å². The number of hydrogen-bond donors (Lipinski definition) is 2. The number of rotatable bonds is 2. The molecule has 0 saturated carbocycles. The summed E-state index contributed by atoms with van der Waals surface area (Å²) in [4.78, 5) is 0. The summed E-state index contributed by atoms with van der Waals surface area (Å²) in [6.07, 6.45) is -1.78. The summed E-state index contributed by atoms with van der Waals surface area (Å²) in [5.74, 6) is -0.791. The van der Waals surface area contributed by atoms with Gasteiger partial charge in [0.25, 0.3) is 0 Å². The van der Waals surface area contributed by atoms with E-state index < -0.39 is 17.5 Å². The summed E-state index contributed by atoms with van der Waals surface area (Å²) >= 11 is 2.96. The highest BCUT2D eigenvalue weighted by atomic mass is 79.9. The third-order valence-electron chi connectivity index (χ3n) is 1.84. The van der Waals surface area contributed by atoms with Crippen molar-refractivity contribution in [2.24, 2.45) is 5.73 Å². The average molecular weight is 296 g/mol. The van der Waals surface area contributed by atoms with E-state index in [2.05, 4.69) is 15.9 Å². The van der Waals surface area contributed by atoms with E-state index in [1.54, 1.807) is 0 Å². The average Bonchev–Trinajstić information content (AvgIpc) is 2.17. The zero-order valence-corrected chi connectivity index (χ0v) is 9.64. The molecule has 6 heteroatoms. The molecule has 0 aliphatic rings. The fraction of sp³-hybridized carbons (Fsp3) is 0.200. The van der Waals surface area contributed by atoms with E-state index >= 15 is 0 Å². The van der Waals surface area contributed by atoms with E-state index in [1.807, 2.05) is 0 Å². The van der Waals surface area contributed by atoms with Crippen LogP contribution < -0.4 is 5.73 Å². The smallest absolute Gasteiger partial charge is 0.420 e. The van der Waals surface area contributed by atoms with Crippen LogP contribution >= 0.6 is 15.9 Å². The highest BCUT2D eigenvalue weighted by Crippen LogP contribution is 2.39. The molecule has 0 bridgehead atoms. The van der Waals surface area contributed by atoms with Gasteiger partial charge in [-0.15, -0.1) is 0 Å². The summed E-state index contributed by atoms with van der Waals surface area (Å²) in [7, 11) is 0. The summed E-state index contributed by atoms with van der Waals surface area (Å²) in [5.41, 5.74) is 4.19. The first-order valence-electron chi connectivity index (χ1n) is 4.32. The van der Waals surface area contributed by atoms with Crippen LogP contribution in [0, 0.1) is 0 Å². The fourth-order valence-corrected chi connectivity index (χ4v) is 1.63. The van der Waals surface area contributed by atoms with Crippen molar-refractivity contribution in [3.8, 4) is 5.75 Å². The van der Waals surface area contributed by atoms with Gasteiger partial charge in [0, 0.05) is 16.6 Å². The van der Waals surface area contributed by atoms with Gasteiger partial charge >= 0.3 is 6.18 Å². The number of benzene rings is 1. The van der Waals surface area contributed by atoms with E-state index in [1.165, 1.54) is 18.2 Å². The van der Waals surface area contributed by atoms with Crippen molar-refractivity contribution < 1.29 is 18.3 Å². The molecular formula is C10H9BrF3NO. The maximum atomic E-state index is 12.5. The zero-order valence-electron chi connectivity index (χ0n) is 8.05. The molecular weight excluding hydrogens is 287 g/mol. The van der Waals surface area contributed by atoms with Gasteiger partial charge in [0.15, 0.2) is 0 Å². The lowest BCUT2D eigenvalue weighted by molar-refractivity contribution is -0.138. The monoisotopic (exact) mass is 295 g/mol. The van der Waals surface area contributed by atoms with Crippen molar-refractivity contribution in [1.29, 1.82) is 0 Å². The molecule has 0 saturated heterocycles. The Morgan fingerprint density at radius 3 is 2.50 bits per heavy atom. The third kappa shape index (κ3) is 2.99. The minimum atomic E-state index is -4.58. The Bertz CT molecular complexity index is 415. The highest BCUT2D eigenvalue weighted by molar-refractivity contribution is 9.10. The SMILES string of the molecule is NC/C=C/c1cc(Br)cc(C(F)(F)F)c1O. The fourth-order valence-electron chi connectivity index (χ4n) is 1.16. The van der Waals surface area contributed by atoms with E-state index in [0.717, 1.165) is 6.07 Å². The van der Waals surface area contributed by atoms with Crippen molar-refractivity contribution >= 4 is 22.0 Å². The van der Waals surface area contributed by atoms with Crippen LogP contribution in [-0.2, 0) is 6.18 Å². The molecule has 0 aromatic heterocycles. The Morgan fingerprint density at radius 2 is 2.00 bits per heavy atom. The molecule has 88 valence electrons. The summed E-state index contributed by atoms with van der Waals surface area (Å²) in [6, 6.07) is 2.21. The van der Waals surface area contributed by atoms with Gasteiger partial charge in [-0.05, 0) is 12.1 Å². The first kappa shape index (κ1) is 13.1. The van der Waals surface area contributed by atoms with Gasteiger partial charge in [0.1, 0.15) is 5.75 Å². The molecule has 0 unspecified atom stereocenters. The molecule has 16 heavy (non-hydrogen) atoms. The maximum absolute atomic E-state index is 12.5. The lowest BCUT2D eigenvalue weighted by atomic mass is 10.1. The van der Waals surface area contributed by atoms with E-state index in [-0.39, 0.29) is 16.6 Å². The first-order valence-corrected chi connectivity index (χ1v) is 5.12. The standard InChI is InChI=1S/C10H9BrF3NO/c11-7-4-6(2-1-3-15)9(16)8(5-7)10(12,13)14/h1-2,4-5,16H,3,15H2/b2-1+. The van der Waals surface area contributed by atoms with Crippen LogP contribution in [-0.4, -0.2) is 11.7 Å². The zero-order chi connectivity index (χ0) is 12.3. The Hall–Kier alpha value is -1.01. The minimum absolute atomic E-state index is 0.0761. The molecule has 1 aromatic rings. The molecule has 0 amide bonds. The molecule has 0 spiro atoms. The minimum Gasteiger partial charge on any atom is -0.507 e. The molecule has 1 aromatic carbocycles. The van der Waals surface area contributed by atoms with Crippen LogP contribution in [0.5, 0.6) is 5.75 Å². The quantitative estimate of drug-likeness (QED) is 0.880. The van der Waals surface area contributed by atoms with Crippen LogP contribution in [0.2, 0.25) is 0 Å². The number of phenols is 1. The molecule has 2 nitrogen and oxygen atoms in total. The van der Waals surface area contributed by atoms with Gasteiger partial charge in [0.2, 0.25) is 0 Å². The van der Waals surface area contributed by atoms with Crippen LogP contribution in [0.1, 0.15) is 11.1 Å². The van der Waals surface area contributed by atoms with Crippen LogP contribution in [0.15, 0.2) is 22.7 Å². The number of nitrogens with two attached hydrogens (primary N) is 1. The van der Waals surface area contributed by atoms with Gasteiger partial charge in [-0.2, -0.15) is 13.2 Å². The molecule has 0 atom stereocenters. The molecule has 0 aliphatic heterocycles. The molecule has 0 fully saturated rings. The first-order chi connectivity index (χ1) is 7.36. The molecule has 0 aliphatic carbocycles. The van der Waals surface area contributed by atoms with Gasteiger partial charge < -0.3 is 10.8 Å². The molecule has 0 radical (unpaired) electrons. The van der Waals surface area contributed by atoms with Crippen molar-refractivity contribution in [3.63, 3.8) is 0 Å². The second kappa shape index (κ2) is 4.88. The second-order valence-electron chi connectivity index (χ2n) is 3.03. The molecule has 3 N–H and O–H groups in total. The van der Waals surface area contributed by atoms with E-state index in [0.29, 0.717) is 0 Å². The Balaban J connectivity index is 3.32. The number of phenolic OH excluding ortho intramolecular Hbond substituents is 1. The van der Waals surface area contributed by atoms with Crippen LogP contribution in [0.25, 0.3) is 6.08 Å². The topological polar surface area (TPSA) is 46.2 Å². The van der Waals surface area contributed by atoms with Crippen LogP contribution in [0.4, 0.5) is 13.2 Å². The van der Waals surface area contributed by atoms with Crippen molar-refractivity contribution in [3.05, 3.63) is 33.8 Å². The number of aromatic hydroxyl groups is 1. The normalized spacial score (nSPS) is 12.3. The Kier molecular flexibility index (Phi) is 3.98. The third-order valence-corrected chi connectivity index (χ3v) is 2.30. The lowest BCUT2D eigenvalue weighted by Gasteiger charge is -2.11. The molecule has 1 rings (SSSR count). The largest absolute Gasteiger partial charge is 0.507 e. The van der Waals surface area contributed by atoms with Crippen LogP contribution in [0.3, 0.4) is 0 Å². The summed E-state index contributed by atoms with van der Waals surface area (Å²) < 4.78 is 37.7.